The molecule has 2 aliphatic rings. The van der Waals surface area contributed by atoms with Crippen LogP contribution in [-0.2, 0) is 17.6 Å². The molecule has 2 aromatic heterocycles. The van der Waals surface area contributed by atoms with Gasteiger partial charge in [-0.1, -0.05) is 13.0 Å². The number of fused-ring (bicyclic) bond motifs is 1. The Kier molecular flexibility index (Phi) is 5.72. The summed E-state index contributed by atoms with van der Waals surface area (Å²) in [6.07, 6.45) is 2.81. The summed E-state index contributed by atoms with van der Waals surface area (Å²) in [6, 6.07) is 7.77. The van der Waals surface area contributed by atoms with E-state index in [0.29, 0.717) is 11.3 Å². The zero-order valence-electron chi connectivity index (χ0n) is 20.8. The lowest BCUT2D eigenvalue weighted by molar-refractivity contribution is 0.164. The van der Waals surface area contributed by atoms with Gasteiger partial charge in [0.25, 0.3) is 0 Å². The van der Waals surface area contributed by atoms with Crippen molar-refractivity contribution in [3.63, 3.8) is 0 Å². The maximum atomic E-state index is 6.85. The maximum absolute atomic E-state index is 6.85. The first-order chi connectivity index (χ1) is 16.7. The van der Waals surface area contributed by atoms with E-state index in [2.05, 4.69) is 27.8 Å². The van der Waals surface area contributed by atoms with Crippen LogP contribution in [0.2, 0.25) is 0 Å². The topological polar surface area (TPSA) is 125 Å². The van der Waals surface area contributed by atoms with E-state index in [1.54, 1.807) is 13.3 Å². The van der Waals surface area contributed by atoms with Gasteiger partial charge >= 0.3 is 0 Å². The molecule has 35 heavy (non-hydrogen) atoms. The van der Waals surface area contributed by atoms with E-state index in [1.165, 1.54) is 0 Å². The van der Waals surface area contributed by atoms with E-state index in [-0.39, 0.29) is 5.41 Å². The minimum Gasteiger partial charge on any atom is -0.496 e. The second-order valence-electron chi connectivity index (χ2n) is 9.74. The fourth-order valence-electron chi connectivity index (χ4n) is 4.54. The van der Waals surface area contributed by atoms with Crippen LogP contribution in [0.5, 0.6) is 5.75 Å². The van der Waals surface area contributed by atoms with E-state index in [4.69, 9.17) is 25.2 Å². The second kappa shape index (κ2) is 8.62. The van der Waals surface area contributed by atoms with Gasteiger partial charge in [-0.15, -0.1) is 10.2 Å². The Morgan fingerprint density at radius 2 is 2.09 bits per heavy atom. The van der Waals surface area contributed by atoms with E-state index in [1.807, 2.05) is 49.7 Å². The second-order valence-corrected chi connectivity index (χ2v) is 9.74. The molecule has 0 bridgehead atoms. The first-order valence-electron chi connectivity index (χ1n) is 11.7. The Morgan fingerprint density at radius 1 is 1.26 bits per heavy atom. The van der Waals surface area contributed by atoms with Crippen LogP contribution in [0.15, 0.2) is 29.3 Å². The van der Waals surface area contributed by atoms with Crippen molar-refractivity contribution in [2.45, 2.75) is 33.0 Å². The molecule has 5 rings (SSSR count). The Balaban J connectivity index is 1.48. The van der Waals surface area contributed by atoms with Crippen LogP contribution in [0.1, 0.15) is 36.0 Å². The lowest BCUT2D eigenvalue weighted by Crippen LogP contribution is -2.45. The summed E-state index contributed by atoms with van der Waals surface area (Å²) in [6.45, 7) is 8.39. The van der Waals surface area contributed by atoms with Gasteiger partial charge in [-0.3, -0.25) is 5.73 Å². The van der Waals surface area contributed by atoms with Gasteiger partial charge in [-0.2, -0.15) is 0 Å². The number of methoxy groups -OCH3 is 1. The number of rotatable bonds is 6. The fraction of sp³-hybridized carbons (Fsp3) is 0.440. The number of aliphatic imine (C=N–C) groups is 1. The number of aromatic nitrogens is 4. The quantitative estimate of drug-likeness (QED) is 0.496. The molecule has 4 heterocycles. The molecular weight excluding hydrogens is 444 g/mol. The average molecular weight is 477 g/mol. The Morgan fingerprint density at radius 3 is 2.77 bits per heavy atom. The number of pyridine rings is 1. The van der Waals surface area contributed by atoms with Crippen molar-refractivity contribution in [2.75, 3.05) is 37.5 Å². The number of nitrogens with two attached hydrogens (primary N) is 1. The van der Waals surface area contributed by atoms with E-state index in [0.717, 1.165) is 66.2 Å². The molecule has 0 radical (unpaired) electrons. The van der Waals surface area contributed by atoms with Gasteiger partial charge in [-0.05, 0) is 38.5 Å². The van der Waals surface area contributed by atoms with Crippen molar-refractivity contribution >= 4 is 17.7 Å². The van der Waals surface area contributed by atoms with Crippen LogP contribution in [0, 0.1) is 19.3 Å². The van der Waals surface area contributed by atoms with Crippen molar-refractivity contribution < 1.29 is 9.47 Å². The zero-order chi connectivity index (χ0) is 24.8. The summed E-state index contributed by atoms with van der Waals surface area (Å²) in [7, 11) is 3.55. The number of hydrogen-bond donors (Lipinski definition) is 3. The van der Waals surface area contributed by atoms with Gasteiger partial charge in [0.1, 0.15) is 11.6 Å². The molecule has 0 aliphatic carbocycles. The first kappa shape index (κ1) is 23.3. The molecule has 1 fully saturated rings. The van der Waals surface area contributed by atoms with Crippen molar-refractivity contribution in [3.05, 3.63) is 46.9 Å². The molecule has 2 unspecified atom stereocenters. The highest BCUT2D eigenvalue weighted by Crippen LogP contribution is 2.39. The fourth-order valence-corrected chi connectivity index (χ4v) is 4.54. The average Bonchev–Trinajstić information content (AvgIpc) is 3.43. The van der Waals surface area contributed by atoms with Crippen molar-refractivity contribution in [2.24, 2.45) is 23.2 Å². The molecule has 184 valence electrons. The molecule has 0 spiro atoms. The van der Waals surface area contributed by atoms with Crippen LogP contribution in [-0.4, -0.2) is 52.8 Å². The van der Waals surface area contributed by atoms with E-state index < -0.39 is 5.79 Å². The third-order valence-corrected chi connectivity index (χ3v) is 6.85. The number of hydrogen-bond acceptors (Lipinski definition) is 9. The molecule has 3 aromatic rings. The molecule has 4 N–H and O–H groups in total. The number of benzene rings is 1. The predicted molar refractivity (Wildman–Crippen MR) is 136 cm³/mol. The molecule has 1 aromatic carbocycles. The molecule has 1 saturated heterocycles. The van der Waals surface area contributed by atoms with Gasteiger partial charge < -0.3 is 24.7 Å². The summed E-state index contributed by atoms with van der Waals surface area (Å²) >= 11 is 0. The summed E-state index contributed by atoms with van der Waals surface area (Å²) in [5.41, 5.74) is 11.1. The smallest absolute Gasteiger partial charge is 0.212 e. The van der Waals surface area contributed by atoms with Crippen LogP contribution in [0.25, 0.3) is 11.4 Å². The standard InChI is InChI=1S/C25H32N8O2/c1-15-10-18-12-28-25(26,30-21(18)22(29-15)27-13-24(3)8-9-35-14-24)19-7-6-17(11-20(19)34-5)23-32-31-16(2)33(23)4/h6-7,10-12,30H,8-9,13-14,26H2,1-5H3,(H,27,29). The number of aryl methyl sites for hydroxylation is 2. The summed E-state index contributed by atoms with van der Waals surface area (Å²) < 4.78 is 13.3. The number of ether oxygens (including phenoxy) is 2. The lowest BCUT2D eigenvalue weighted by Gasteiger charge is -2.34. The van der Waals surface area contributed by atoms with E-state index in [9.17, 15) is 0 Å². The number of anilines is 2. The molecular formula is C25H32N8O2. The van der Waals surface area contributed by atoms with Gasteiger partial charge in [-0.25, -0.2) is 9.98 Å². The predicted octanol–water partition coefficient (Wildman–Crippen LogP) is 2.95. The summed E-state index contributed by atoms with van der Waals surface area (Å²) in [5, 5.41) is 15.4. The number of nitrogens with zero attached hydrogens (tertiary/aromatic N) is 5. The highest BCUT2D eigenvalue weighted by Gasteiger charge is 2.35. The third-order valence-electron chi connectivity index (χ3n) is 6.85. The Labute approximate surface area is 205 Å². The molecule has 2 aliphatic heterocycles. The van der Waals surface area contributed by atoms with Gasteiger partial charge in [0.2, 0.25) is 5.79 Å². The SMILES string of the molecule is COc1cc(-c2nnc(C)n2C)ccc1C1(N)N=Cc2cc(C)nc(NCC3(C)CCOC3)c2N1. The minimum atomic E-state index is -1.24. The number of nitrogens with one attached hydrogen (secondary N) is 2. The van der Waals surface area contributed by atoms with Crippen LogP contribution in [0.3, 0.4) is 0 Å². The summed E-state index contributed by atoms with van der Waals surface area (Å²) in [4.78, 5) is 9.46. The first-order valence-corrected chi connectivity index (χ1v) is 11.7. The molecule has 10 heteroatoms. The van der Waals surface area contributed by atoms with Crippen LogP contribution >= 0.6 is 0 Å². The normalized spacial score (nSPS) is 23.1. The molecule has 0 amide bonds. The lowest BCUT2D eigenvalue weighted by atomic mass is 9.90. The molecule has 0 saturated carbocycles. The minimum absolute atomic E-state index is 0.0676. The van der Waals surface area contributed by atoms with Crippen molar-refractivity contribution in [1.29, 1.82) is 0 Å². The third kappa shape index (κ3) is 4.23. The van der Waals surface area contributed by atoms with E-state index >= 15 is 0 Å². The van der Waals surface area contributed by atoms with Crippen molar-refractivity contribution in [3.8, 4) is 17.1 Å². The molecule has 10 nitrogen and oxygen atoms in total. The Hall–Kier alpha value is -3.50. The Bertz CT molecular complexity index is 1290. The van der Waals surface area contributed by atoms with Crippen LogP contribution in [0.4, 0.5) is 11.5 Å². The van der Waals surface area contributed by atoms with Gasteiger partial charge in [0, 0.05) is 48.6 Å². The van der Waals surface area contributed by atoms with Gasteiger partial charge in [0.15, 0.2) is 11.6 Å². The highest BCUT2D eigenvalue weighted by molar-refractivity contribution is 5.94. The molecule has 2 atom stereocenters. The summed E-state index contributed by atoms with van der Waals surface area (Å²) in [5.74, 6) is 1.69. The van der Waals surface area contributed by atoms with Gasteiger partial charge in [0.05, 0.1) is 25.0 Å². The monoisotopic (exact) mass is 476 g/mol. The zero-order valence-corrected chi connectivity index (χ0v) is 20.8. The largest absolute Gasteiger partial charge is 0.496 e. The highest BCUT2D eigenvalue weighted by atomic mass is 16.5. The maximum Gasteiger partial charge on any atom is 0.212 e. The van der Waals surface area contributed by atoms with Crippen molar-refractivity contribution in [1.82, 2.24) is 19.7 Å². The van der Waals surface area contributed by atoms with Crippen LogP contribution < -0.4 is 21.1 Å².